The predicted molar refractivity (Wildman–Crippen MR) is 107 cm³/mol. The van der Waals surface area contributed by atoms with Crippen LogP contribution >= 0.6 is 11.8 Å². The first-order valence-electron chi connectivity index (χ1n) is 8.74. The largest absolute Gasteiger partial charge is 0.305 e. The zero-order chi connectivity index (χ0) is 19.5. The van der Waals surface area contributed by atoms with Crippen LogP contribution in [0.15, 0.2) is 84.0 Å². The first-order valence-corrected chi connectivity index (χ1v) is 9.62. The molecular weight excluding hydrogens is 376 g/mol. The van der Waals surface area contributed by atoms with Crippen LogP contribution in [-0.2, 0) is 7.05 Å². The maximum atomic E-state index is 13.4. The number of halogens is 2. The van der Waals surface area contributed by atoms with Crippen molar-refractivity contribution >= 4 is 11.8 Å². The number of rotatable bonds is 5. The molecule has 0 amide bonds. The molecule has 140 valence electrons. The van der Waals surface area contributed by atoms with Crippen molar-refractivity contribution in [3.05, 3.63) is 102 Å². The Balaban J connectivity index is 1.71. The molecule has 0 fully saturated rings. The molecular formula is C22H17F2N3S. The van der Waals surface area contributed by atoms with Crippen molar-refractivity contribution in [2.45, 2.75) is 10.4 Å². The fourth-order valence-electron chi connectivity index (χ4n) is 2.97. The average molecular weight is 393 g/mol. The summed E-state index contributed by atoms with van der Waals surface area (Å²) in [7, 11) is 1.91. The minimum atomic E-state index is -0.295. The van der Waals surface area contributed by atoms with Gasteiger partial charge in [-0.3, -0.25) is 0 Å². The zero-order valence-corrected chi connectivity index (χ0v) is 15.9. The molecule has 0 radical (unpaired) electrons. The van der Waals surface area contributed by atoms with Crippen molar-refractivity contribution in [3.8, 4) is 11.4 Å². The maximum Gasteiger partial charge on any atom is 0.192 e. The summed E-state index contributed by atoms with van der Waals surface area (Å²) in [5.74, 6) is 0.174. The van der Waals surface area contributed by atoms with Gasteiger partial charge in [0.25, 0.3) is 0 Å². The first-order chi connectivity index (χ1) is 13.6. The SMILES string of the molecule is Cn1c(SC(c2ccc(F)cc2)c2ccc(F)cc2)nnc1-c1ccccc1. The van der Waals surface area contributed by atoms with Gasteiger partial charge in [0.15, 0.2) is 11.0 Å². The standard InChI is InChI=1S/C22H17F2N3S/c1-27-21(17-5-3-2-4-6-17)25-26-22(27)28-20(15-7-11-18(23)12-8-15)16-9-13-19(24)14-10-16/h2-14,20H,1H3. The van der Waals surface area contributed by atoms with E-state index in [4.69, 9.17) is 0 Å². The third kappa shape index (κ3) is 3.82. The minimum Gasteiger partial charge on any atom is -0.305 e. The van der Waals surface area contributed by atoms with E-state index in [1.165, 1.54) is 36.0 Å². The summed E-state index contributed by atoms with van der Waals surface area (Å²) in [6.07, 6.45) is 0. The summed E-state index contributed by atoms with van der Waals surface area (Å²) in [5.41, 5.74) is 2.79. The second kappa shape index (κ2) is 7.94. The van der Waals surface area contributed by atoms with E-state index in [0.29, 0.717) is 0 Å². The summed E-state index contributed by atoms with van der Waals surface area (Å²) in [6, 6.07) is 22.5. The van der Waals surface area contributed by atoms with Gasteiger partial charge in [-0.2, -0.15) is 0 Å². The van der Waals surface area contributed by atoms with Crippen LogP contribution in [0.2, 0.25) is 0 Å². The first kappa shape index (κ1) is 18.4. The normalized spacial score (nSPS) is 11.1. The van der Waals surface area contributed by atoms with E-state index >= 15 is 0 Å². The molecule has 0 saturated carbocycles. The van der Waals surface area contributed by atoms with Crippen LogP contribution in [0, 0.1) is 11.6 Å². The topological polar surface area (TPSA) is 30.7 Å². The third-order valence-corrected chi connectivity index (χ3v) is 5.78. The van der Waals surface area contributed by atoms with E-state index in [2.05, 4.69) is 10.2 Å². The van der Waals surface area contributed by atoms with Gasteiger partial charge in [0.2, 0.25) is 0 Å². The van der Waals surface area contributed by atoms with Crippen LogP contribution in [0.25, 0.3) is 11.4 Å². The Labute approximate surface area is 166 Å². The van der Waals surface area contributed by atoms with E-state index in [1.54, 1.807) is 24.3 Å². The van der Waals surface area contributed by atoms with Gasteiger partial charge in [0.1, 0.15) is 11.6 Å². The van der Waals surface area contributed by atoms with E-state index < -0.39 is 0 Å². The van der Waals surface area contributed by atoms with Crippen LogP contribution < -0.4 is 0 Å². The Bertz CT molecular complexity index is 1020. The Morgan fingerprint density at radius 3 is 1.82 bits per heavy atom. The molecule has 0 spiro atoms. The lowest BCUT2D eigenvalue weighted by molar-refractivity contribution is 0.626. The molecule has 0 aliphatic rings. The Kier molecular flexibility index (Phi) is 5.21. The lowest BCUT2D eigenvalue weighted by atomic mass is 10.0. The van der Waals surface area contributed by atoms with E-state index in [9.17, 15) is 8.78 Å². The van der Waals surface area contributed by atoms with Gasteiger partial charge < -0.3 is 4.57 Å². The van der Waals surface area contributed by atoms with Gasteiger partial charge in [-0.25, -0.2) is 8.78 Å². The quantitative estimate of drug-likeness (QED) is 0.411. The Hall–Kier alpha value is -2.99. The van der Waals surface area contributed by atoms with E-state index in [1.807, 2.05) is 41.9 Å². The highest BCUT2D eigenvalue weighted by molar-refractivity contribution is 7.99. The molecule has 3 nitrogen and oxygen atoms in total. The van der Waals surface area contributed by atoms with Crippen LogP contribution in [0.1, 0.15) is 16.4 Å². The second-order valence-electron chi connectivity index (χ2n) is 6.33. The molecule has 0 unspecified atom stereocenters. The third-order valence-electron chi connectivity index (χ3n) is 4.44. The van der Waals surface area contributed by atoms with Crippen molar-refractivity contribution in [2.75, 3.05) is 0 Å². The molecule has 0 saturated heterocycles. The number of benzene rings is 3. The molecule has 0 atom stereocenters. The van der Waals surface area contributed by atoms with Crippen molar-refractivity contribution < 1.29 is 8.78 Å². The van der Waals surface area contributed by atoms with Crippen LogP contribution in [0.3, 0.4) is 0 Å². The van der Waals surface area contributed by atoms with Crippen molar-refractivity contribution in [2.24, 2.45) is 7.05 Å². The lowest BCUT2D eigenvalue weighted by Gasteiger charge is -2.17. The van der Waals surface area contributed by atoms with Crippen molar-refractivity contribution in [3.63, 3.8) is 0 Å². The Morgan fingerprint density at radius 1 is 0.750 bits per heavy atom. The fraction of sp³-hybridized carbons (Fsp3) is 0.0909. The second-order valence-corrected chi connectivity index (χ2v) is 7.40. The molecule has 1 aromatic heterocycles. The highest BCUT2D eigenvalue weighted by Gasteiger charge is 2.20. The average Bonchev–Trinajstić information content (AvgIpc) is 3.09. The number of thioether (sulfide) groups is 1. The highest BCUT2D eigenvalue weighted by Crippen LogP contribution is 2.40. The smallest absolute Gasteiger partial charge is 0.192 e. The summed E-state index contributed by atoms with van der Waals surface area (Å²) < 4.78 is 28.7. The molecule has 0 aliphatic carbocycles. The zero-order valence-electron chi connectivity index (χ0n) is 15.1. The summed E-state index contributed by atoms with van der Waals surface area (Å²) in [6.45, 7) is 0. The molecule has 1 heterocycles. The fourth-order valence-corrected chi connectivity index (χ4v) is 4.10. The molecule has 0 N–H and O–H groups in total. The van der Waals surface area contributed by atoms with Gasteiger partial charge in [0, 0.05) is 12.6 Å². The molecule has 28 heavy (non-hydrogen) atoms. The van der Waals surface area contributed by atoms with E-state index in [0.717, 1.165) is 27.7 Å². The van der Waals surface area contributed by atoms with Gasteiger partial charge in [-0.1, -0.05) is 66.4 Å². The molecule has 4 aromatic rings. The van der Waals surface area contributed by atoms with Gasteiger partial charge in [0.05, 0.1) is 5.25 Å². The summed E-state index contributed by atoms with van der Waals surface area (Å²) >= 11 is 1.49. The number of hydrogen-bond donors (Lipinski definition) is 0. The van der Waals surface area contributed by atoms with Gasteiger partial charge in [-0.05, 0) is 35.4 Å². The summed E-state index contributed by atoms with van der Waals surface area (Å²) in [5, 5.41) is 9.22. The number of aromatic nitrogens is 3. The molecule has 4 rings (SSSR count). The van der Waals surface area contributed by atoms with Crippen LogP contribution in [0.5, 0.6) is 0 Å². The highest BCUT2D eigenvalue weighted by atomic mass is 32.2. The monoisotopic (exact) mass is 393 g/mol. The lowest BCUT2D eigenvalue weighted by Crippen LogP contribution is -2.01. The molecule has 3 aromatic carbocycles. The van der Waals surface area contributed by atoms with Gasteiger partial charge in [-0.15, -0.1) is 10.2 Å². The molecule has 0 bridgehead atoms. The van der Waals surface area contributed by atoms with E-state index in [-0.39, 0.29) is 16.9 Å². The summed E-state index contributed by atoms with van der Waals surface area (Å²) in [4.78, 5) is 0. The number of nitrogens with zero attached hydrogens (tertiary/aromatic N) is 3. The predicted octanol–water partition coefficient (Wildman–Crippen LogP) is 5.64. The number of hydrogen-bond acceptors (Lipinski definition) is 3. The molecule has 0 aliphatic heterocycles. The van der Waals surface area contributed by atoms with Gasteiger partial charge >= 0.3 is 0 Å². The minimum absolute atomic E-state index is 0.173. The van der Waals surface area contributed by atoms with Crippen molar-refractivity contribution in [1.29, 1.82) is 0 Å². The molecule has 6 heteroatoms. The van der Waals surface area contributed by atoms with Crippen LogP contribution in [0.4, 0.5) is 8.78 Å². The maximum absolute atomic E-state index is 13.4. The Morgan fingerprint density at radius 2 is 1.29 bits per heavy atom. The van der Waals surface area contributed by atoms with Crippen molar-refractivity contribution in [1.82, 2.24) is 14.8 Å². The van der Waals surface area contributed by atoms with Crippen LogP contribution in [-0.4, -0.2) is 14.8 Å².